The molecule has 0 spiro atoms. The van der Waals surface area contributed by atoms with Gasteiger partial charge in [0, 0.05) is 7.11 Å². The van der Waals surface area contributed by atoms with Crippen LogP contribution in [0.4, 0.5) is 0 Å². The summed E-state index contributed by atoms with van der Waals surface area (Å²) in [5.41, 5.74) is -0.776. The number of Topliss-reactive ketones (excluding diaryl/α,β-unsaturated/α-hetero) is 2. The summed E-state index contributed by atoms with van der Waals surface area (Å²) in [7, 11) is 1.52. The Labute approximate surface area is 85.8 Å². The minimum Gasteiger partial charge on any atom is -0.371 e. The van der Waals surface area contributed by atoms with Crippen LogP contribution in [0.2, 0.25) is 0 Å². The summed E-state index contributed by atoms with van der Waals surface area (Å²) in [4.78, 5) is 22.5. The van der Waals surface area contributed by atoms with Gasteiger partial charge in [-0.25, -0.2) is 0 Å². The van der Waals surface area contributed by atoms with Gasteiger partial charge < -0.3 is 4.74 Å². The molecule has 0 bridgehead atoms. The van der Waals surface area contributed by atoms with E-state index < -0.39 is 5.60 Å². The Bertz CT molecular complexity index is 211. The fourth-order valence-electron chi connectivity index (χ4n) is 1.28. The van der Waals surface area contributed by atoms with Crippen LogP contribution in [0.1, 0.15) is 46.5 Å². The average molecular weight is 200 g/mol. The summed E-state index contributed by atoms with van der Waals surface area (Å²) in [5, 5.41) is 0. The highest BCUT2D eigenvalue weighted by atomic mass is 16.5. The van der Waals surface area contributed by atoms with Gasteiger partial charge in [0.05, 0.1) is 6.42 Å². The summed E-state index contributed by atoms with van der Waals surface area (Å²) in [6, 6.07) is 0. The van der Waals surface area contributed by atoms with Crippen molar-refractivity contribution in [1.82, 2.24) is 0 Å². The normalized spacial score (nSPS) is 14.9. The van der Waals surface area contributed by atoms with E-state index in [1.807, 2.05) is 0 Å². The molecule has 0 aliphatic carbocycles. The smallest absolute Gasteiger partial charge is 0.171 e. The maximum Gasteiger partial charge on any atom is 0.171 e. The van der Waals surface area contributed by atoms with Crippen LogP contribution in [0, 0.1) is 0 Å². The zero-order valence-electron chi connectivity index (χ0n) is 9.55. The number of carbonyl (C=O) groups is 2. The Hall–Kier alpha value is -0.700. The third-order valence-corrected chi connectivity index (χ3v) is 2.46. The first kappa shape index (κ1) is 13.3. The molecule has 0 rings (SSSR count). The second-order valence-corrected chi connectivity index (χ2v) is 3.84. The standard InChI is InChI=1S/C11H20O3/c1-5-6-7-11(3,14-4)10(13)8-9(2)12/h5-8H2,1-4H3. The van der Waals surface area contributed by atoms with Crippen LogP contribution in [-0.4, -0.2) is 24.3 Å². The lowest BCUT2D eigenvalue weighted by Gasteiger charge is -2.26. The second kappa shape index (κ2) is 5.91. The first-order valence-corrected chi connectivity index (χ1v) is 5.04. The maximum absolute atomic E-state index is 11.7. The van der Waals surface area contributed by atoms with Crippen molar-refractivity contribution in [3.63, 3.8) is 0 Å². The van der Waals surface area contributed by atoms with Gasteiger partial charge in [0.1, 0.15) is 11.4 Å². The van der Waals surface area contributed by atoms with E-state index in [0.29, 0.717) is 6.42 Å². The molecule has 82 valence electrons. The van der Waals surface area contributed by atoms with E-state index in [2.05, 4.69) is 6.92 Å². The minimum absolute atomic E-state index is 0.0198. The highest BCUT2D eigenvalue weighted by molar-refractivity contribution is 6.01. The topological polar surface area (TPSA) is 43.4 Å². The van der Waals surface area contributed by atoms with Crippen molar-refractivity contribution < 1.29 is 14.3 Å². The average Bonchev–Trinajstić information content (AvgIpc) is 2.13. The number of methoxy groups -OCH3 is 1. The molecule has 0 amide bonds. The lowest BCUT2D eigenvalue weighted by atomic mass is 9.91. The van der Waals surface area contributed by atoms with Gasteiger partial charge in [-0.15, -0.1) is 0 Å². The lowest BCUT2D eigenvalue weighted by molar-refractivity contribution is -0.142. The highest BCUT2D eigenvalue weighted by Crippen LogP contribution is 2.20. The number of hydrogen-bond acceptors (Lipinski definition) is 3. The highest BCUT2D eigenvalue weighted by Gasteiger charge is 2.32. The zero-order chi connectivity index (χ0) is 11.2. The Balaban J connectivity index is 4.34. The van der Waals surface area contributed by atoms with Crippen molar-refractivity contribution >= 4 is 11.6 Å². The van der Waals surface area contributed by atoms with Crippen LogP contribution in [0.15, 0.2) is 0 Å². The fourth-order valence-corrected chi connectivity index (χ4v) is 1.28. The van der Waals surface area contributed by atoms with Gasteiger partial charge >= 0.3 is 0 Å². The quantitative estimate of drug-likeness (QED) is 0.591. The number of unbranched alkanes of at least 4 members (excludes halogenated alkanes) is 1. The van der Waals surface area contributed by atoms with Gasteiger partial charge in [0.15, 0.2) is 5.78 Å². The third-order valence-electron chi connectivity index (χ3n) is 2.46. The number of ether oxygens (including phenoxy) is 1. The summed E-state index contributed by atoms with van der Waals surface area (Å²) in [6.07, 6.45) is 2.63. The molecule has 0 fully saturated rings. The molecule has 0 radical (unpaired) electrons. The van der Waals surface area contributed by atoms with Crippen LogP contribution in [0.25, 0.3) is 0 Å². The first-order chi connectivity index (χ1) is 6.46. The molecule has 3 nitrogen and oxygen atoms in total. The summed E-state index contributed by atoms with van der Waals surface area (Å²) in [6.45, 7) is 5.24. The molecule has 3 heteroatoms. The number of hydrogen-bond donors (Lipinski definition) is 0. The molecule has 0 aromatic carbocycles. The molecule has 0 saturated carbocycles. The van der Waals surface area contributed by atoms with Gasteiger partial charge in [-0.05, 0) is 20.3 Å². The van der Waals surface area contributed by atoms with Crippen molar-refractivity contribution in [3.8, 4) is 0 Å². The van der Waals surface area contributed by atoms with E-state index in [0.717, 1.165) is 12.8 Å². The molecule has 0 aromatic rings. The molecule has 14 heavy (non-hydrogen) atoms. The molecule has 0 saturated heterocycles. The summed E-state index contributed by atoms with van der Waals surface area (Å²) < 4.78 is 5.20. The van der Waals surface area contributed by atoms with Crippen LogP contribution in [0.5, 0.6) is 0 Å². The molecule has 0 N–H and O–H groups in total. The molecule has 0 heterocycles. The lowest BCUT2D eigenvalue weighted by Crippen LogP contribution is -2.38. The third kappa shape index (κ3) is 4.01. The largest absolute Gasteiger partial charge is 0.371 e. The molecule has 1 atom stereocenters. The van der Waals surface area contributed by atoms with Crippen molar-refractivity contribution in [2.75, 3.05) is 7.11 Å². The van der Waals surface area contributed by atoms with Gasteiger partial charge in [-0.2, -0.15) is 0 Å². The van der Waals surface area contributed by atoms with Crippen molar-refractivity contribution in [2.24, 2.45) is 0 Å². The molecule has 0 aromatic heterocycles. The Morgan fingerprint density at radius 1 is 1.36 bits per heavy atom. The summed E-state index contributed by atoms with van der Waals surface area (Å²) in [5.74, 6) is -0.212. The van der Waals surface area contributed by atoms with Crippen molar-refractivity contribution in [2.45, 2.75) is 52.1 Å². The van der Waals surface area contributed by atoms with Crippen molar-refractivity contribution in [1.29, 1.82) is 0 Å². The minimum atomic E-state index is -0.776. The van der Waals surface area contributed by atoms with E-state index in [4.69, 9.17) is 4.74 Å². The molecule has 0 aliphatic rings. The maximum atomic E-state index is 11.7. The van der Waals surface area contributed by atoms with E-state index in [-0.39, 0.29) is 18.0 Å². The Morgan fingerprint density at radius 2 is 1.93 bits per heavy atom. The monoisotopic (exact) mass is 200 g/mol. The van der Waals surface area contributed by atoms with E-state index in [1.54, 1.807) is 6.92 Å². The second-order valence-electron chi connectivity index (χ2n) is 3.84. The number of carbonyl (C=O) groups excluding carboxylic acids is 2. The van der Waals surface area contributed by atoms with Gasteiger partial charge in [0.25, 0.3) is 0 Å². The molecule has 1 unspecified atom stereocenters. The van der Waals surface area contributed by atoms with Crippen molar-refractivity contribution in [3.05, 3.63) is 0 Å². The molecule has 0 aliphatic heterocycles. The zero-order valence-corrected chi connectivity index (χ0v) is 9.55. The molecular weight excluding hydrogens is 180 g/mol. The Kier molecular flexibility index (Phi) is 5.62. The van der Waals surface area contributed by atoms with Gasteiger partial charge in [0.2, 0.25) is 0 Å². The van der Waals surface area contributed by atoms with Gasteiger partial charge in [-0.3, -0.25) is 9.59 Å². The van der Waals surface area contributed by atoms with Crippen LogP contribution in [0.3, 0.4) is 0 Å². The fraction of sp³-hybridized carbons (Fsp3) is 0.818. The Morgan fingerprint density at radius 3 is 2.29 bits per heavy atom. The first-order valence-electron chi connectivity index (χ1n) is 5.04. The predicted molar refractivity (Wildman–Crippen MR) is 55.2 cm³/mol. The summed E-state index contributed by atoms with van der Waals surface area (Å²) >= 11 is 0. The number of rotatable bonds is 7. The van der Waals surface area contributed by atoms with Crippen LogP contribution >= 0.6 is 0 Å². The van der Waals surface area contributed by atoms with E-state index in [1.165, 1.54) is 14.0 Å². The van der Waals surface area contributed by atoms with E-state index in [9.17, 15) is 9.59 Å². The van der Waals surface area contributed by atoms with E-state index >= 15 is 0 Å². The predicted octanol–water partition coefficient (Wildman–Crippen LogP) is 2.13. The van der Waals surface area contributed by atoms with Crippen LogP contribution < -0.4 is 0 Å². The molecular formula is C11H20O3. The van der Waals surface area contributed by atoms with Crippen LogP contribution in [-0.2, 0) is 14.3 Å². The van der Waals surface area contributed by atoms with Gasteiger partial charge in [-0.1, -0.05) is 19.8 Å². The SMILES string of the molecule is CCCCC(C)(OC)C(=O)CC(C)=O. The number of ketones is 2.